The Hall–Kier alpha value is -0.900. The van der Waals surface area contributed by atoms with Crippen LogP contribution in [0.25, 0.3) is 0 Å². The number of benzene rings is 1. The average Bonchev–Trinajstić information content (AvgIpc) is 1.97. The van der Waals surface area contributed by atoms with Crippen LogP contribution in [0.1, 0.15) is 26.3 Å². The van der Waals surface area contributed by atoms with Crippen molar-refractivity contribution in [1.82, 2.24) is 0 Å². The molecule has 0 heterocycles. The fraction of sp³-hybridized carbons (Fsp3) is 0.455. The van der Waals surface area contributed by atoms with Gasteiger partial charge < -0.3 is 4.74 Å². The third-order valence-electron chi connectivity index (χ3n) is 1.98. The van der Waals surface area contributed by atoms with Gasteiger partial charge in [0.15, 0.2) is 0 Å². The Morgan fingerprint density at radius 3 is 2.06 bits per heavy atom. The van der Waals surface area contributed by atoms with Gasteiger partial charge in [0.05, 0.1) is 0 Å². The first-order valence-electron chi connectivity index (χ1n) is 4.65. The van der Waals surface area contributed by atoms with Crippen molar-refractivity contribution in [1.29, 1.82) is 0 Å². The van der Waals surface area contributed by atoms with Crippen molar-refractivity contribution in [3.05, 3.63) is 28.8 Å². The summed E-state index contributed by atoms with van der Waals surface area (Å²) in [6, 6.07) is 3.99. The third-order valence-corrected chi connectivity index (χ3v) is 2.29. The minimum Gasteiger partial charge on any atom is -0.406 e. The van der Waals surface area contributed by atoms with E-state index in [9.17, 15) is 13.2 Å². The molecule has 0 unspecified atom stereocenters. The molecule has 90 valence electrons. The molecular weight excluding hydrogens is 241 g/mol. The van der Waals surface area contributed by atoms with Crippen LogP contribution in [-0.4, -0.2) is 6.36 Å². The predicted octanol–water partition coefficient (Wildman–Crippen LogP) is 4.54. The Bertz CT molecular complexity index is 380. The van der Waals surface area contributed by atoms with E-state index in [-0.39, 0.29) is 16.2 Å². The van der Waals surface area contributed by atoms with Crippen LogP contribution in [0, 0.1) is 0 Å². The molecule has 1 aromatic carbocycles. The zero-order chi connectivity index (χ0) is 12.6. The normalized spacial score (nSPS) is 12.7. The quantitative estimate of drug-likeness (QED) is 0.713. The van der Waals surface area contributed by atoms with E-state index in [1.807, 2.05) is 20.8 Å². The van der Waals surface area contributed by atoms with E-state index in [0.29, 0.717) is 0 Å². The van der Waals surface area contributed by atoms with Gasteiger partial charge in [-0.2, -0.15) is 0 Å². The Morgan fingerprint density at radius 2 is 1.69 bits per heavy atom. The van der Waals surface area contributed by atoms with Crippen LogP contribution in [-0.2, 0) is 5.41 Å². The molecule has 16 heavy (non-hydrogen) atoms. The summed E-state index contributed by atoms with van der Waals surface area (Å²) in [7, 11) is 0. The van der Waals surface area contributed by atoms with Crippen molar-refractivity contribution < 1.29 is 17.9 Å². The summed E-state index contributed by atoms with van der Waals surface area (Å²) < 4.78 is 39.6. The third kappa shape index (κ3) is 3.59. The summed E-state index contributed by atoms with van der Waals surface area (Å²) in [6.07, 6.45) is -4.69. The van der Waals surface area contributed by atoms with Crippen LogP contribution < -0.4 is 4.74 Å². The van der Waals surface area contributed by atoms with E-state index in [4.69, 9.17) is 11.6 Å². The lowest BCUT2D eigenvalue weighted by Crippen LogP contribution is -2.17. The first-order valence-corrected chi connectivity index (χ1v) is 5.03. The van der Waals surface area contributed by atoms with E-state index >= 15 is 0 Å². The van der Waals surface area contributed by atoms with Crippen molar-refractivity contribution >= 4 is 11.6 Å². The number of ether oxygens (including phenoxy) is 1. The molecule has 0 saturated heterocycles. The second kappa shape index (κ2) is 4.17. The van der Waals surface area contributed by atoms with Crippen molar-refractivity contribution in [3.8, 4) is 5.75 Å². The van der Waals surface area contributed by atoms with Crippen LogP contribution >= 0.6 is 11.6 Å². The lowest BCUT2D eigenvalue weighted by molar-refractivity contribution is -0.274. The highest BCUT2D eigenvalue weighted by Crippen LogP contribution is 2.33. The molecule has 0 fully saturated rings. The van der Waals surface area contributed by atoms with E-state index in [0.717, 1.165) is 5.56 Å². The first-order chi connectivity index (χ1) is 7.09. The number of alkyl halides is 3. The highest BCUT2D eigenvalue weighted by atomic mass is 35.5. The molecule has 1 rings (SSSR count). The van der Waals surface area contributed by atoms with Gasteiger partial charge in [0.2, 0.25) is 0 Å². The van der Waals surface area contributed by atoms with Crippen molar-refractivity contribution in [3.63, 3.8) is 0 Å². The molecule has 0 aliphatic heterocycles. The smallest absolute Gasteiger partial charge is 0.406 e. The van der Waals surface area contributed by atoms with Crippen LogP contribution in [0.4, 0.5) is 13.2 Å². The van der Waals surface area contributed by atoms with Gasteiger partial charge in [0.25, 0.3) is 0 Å². The standard InChI is InChI=1S/C11H12ClF3O/c1-10(2,3)8-5-4-7(6-9(8)12)16-11(13,14)15/h4-6H,1-3H3. The SMILES string of the molecule is CC(C)(C)c1ccc(OC(F)(F)F)cc1Cl. The molecule has 0 aliphatic rings. The zero-order valence-electron chi connectivity index (χ0n) is 9.15. The van der Waals surface area contributed by atoms with Crippen LogP contribution in [0.3, 0.4) is 0 Å². The lowest BCUT2D eigenvalue weighted by Gasteiger charge is -2.21. The van der Waals surface area contributed by atoms with E-state index in [1.165, 1.54) is 12.1 Å². The van der Waals surface area contributed by atoms with Gasteiger partial charge in [0.1, 0.15) is 5.75 Å². The van der Waals surface area contributed by atoms with Crippen LogP contribution in [0.2, 0.25) is 5.02 Å². The molecular formula is C11H12ClF3O. The Morgan fingerprint density at radius 1 is 1.12 bits per heavy atom. The maximum absolute atomic E-state index is 11.9. The molecule has 1 nitrogen and oxygen atoms in total. The summed E-state index contributed by atoms with van der Waals surface area (Å²) in [5.74, 6) is -0.300. The van der Waals surface area contributed by atoms with Crippen LogP contribution in [0.5, 0.6) is 5.75 Å². The second-order valence-corrected chi connectivity index (χ2v) is 4.85. The molecule has 0 aliphatic carbocycles. The molecule has 1 aromatic rings. The number of hydrogen-bond donors (Lipinski definition) is 0. The van der Waals surface area contributed by atoms with Crippen molar-refractivity contribution in [2.45, 2.75) is 32.5 Å². The van der Waals surface area contributed by atoms with E-state index in [1.54, 1.807) is 6.07 Å². The van der Waals surface area contributed by atoms with Gasteiger partial charge in [-0.15, -0.1) is 13.2 Å². The molecule has 0 amide bonds. The van der Waals surface area contributed by atoms with Crippen LogP contribution in [0.15, 0.2) is 18.2 Å². The largest absolute Gasteiger partial charge is 0.573 e. The fourth-order valence-corrected chi connectivity index (χ4v) is 1.76. The van der Waals surface area contributed by atoms with Gasteiger partial charge in [-0.1, -0.05) is 38.4 Å². The second-order valence-electron chi connectivity index (χ2n) is 4.44. The molecule has 0 atom stereocenters. The van der Waals surface area contributed by atoms with E-state index in [2.05, 4.69) is 4.74 Å². The fourth-order valence-electron chi connectivity index (χ4n) is 1.30. The minimum atomic E-state index is -4.69. The van der Waals surface area contributed by atoms with Crippen molar-refractivity contribution in [2.75, 3.05) is 0 Å². The summed E-state index contributed by atoms with van der Waals surface area (Å²) >= 11 is 5.90. The monoisotopic (exact) mass is 252 g/mol. The maximum Gasteiger partial charge on any atom is 0.573 e. The summed E-state index contributed by atoms with van der Waals surface area (Å²) in [6.45, 7) is 5.79. The predicted molar refractivity (Wildman–Crippen MR) is 56.8 cm³/mol. The summed E-state index contributed by atoms with van der Waals surface area (Å²) in [5, 5.41) is 0.272. The first kappa shape index (κ1) is 13.2. The number of hydrogen-bond acceptors (Lipinski definition) is 1. The van der Waals surface area contributed by atoms with Gasteiger partial charge in [0, 0.05) is 5.02 Å². The maximum atomic E-state index is 11.9. The average molecular weight is 253 g/mol. The molecule has 0 aromatic heterocycles. The molecule has 0 N–H and O–H groups in total. The lowest BCUT2D eigenvalue weighted by atomic mass is 9.87. The summed E-state index contributed by atoms with van der Waals surface area (Å²) in [5.41, 5.74) is 0.567. The van der Waals surface area contributed by atoms with Crippen molar-refractivity contribution in [2.24, 2.45) is 0 Å². The molecule has 0 spiro atoms. The summed E-state index contributed by atoms with van der Waals surface area (Å²) in [4.78, 5) is 0. The van der Waals surface area contributed by atoms with Gasteiger partial charge in [-0.05, 0) is 23.1 Å². The molecule has 5 heteroatoms. The minimum absolute atomic E-state index is 0.214. The Kier molecular flexibility index (Phi) is 3.43. The Labute approximate surface area is 97.2 Å². The zero-order valence-corrected chi connectivity index (χ0v) is 9.91. The number of rotatable bonds is 1. The molecule has 0 saturated carbocycles. The highest BCUT2D eigenvalue weighted by molar-refractivity contribution is 6.31. The van der Waals surface area contributed by atoms with Gasteiger partial charge in [-0.25, -0.2) is 0 Å². The highest BCUT2D eigenvalue weighted by Gasteiger charge is 2.31. The van der Waals surface area contributed by atoms with E-state index < -0.39 is 6.36 Å². The molecule has 0 bridgehead atoms. The Balaban J connectivity index is 3.01. The molecule has 0 radical (unpaired) electrons. The topological polar surface area (TPSA) is 9.23 Å². The van der Waals surface area contributed by atoms with Gasteiger partial charge in [-0.3, -0.25) is 0 Å². The number of halogens is 4. The van der Waals surface area contributed by atoms with Gasteiger partial charge >= 0.3 is 6.36 Å².